The fraction of sp³-hybridized carbons (Fsp3) is 0.263. The molecule has 0 bridgehead atoms. The number of amides is 1. The minimum atomic E-state index is -3.38. The SMILES string of the molecule is CC(C)(C)n1c(NC(=O)c2cccc(S(C)(=O)=O)c2)nc2ccccc21. The molecule has 26 heavy (non-hydrogen) atoms. The third-order valence-corrected chi connectivity index (χ3v) is 5.09. The number of rotatable bonds is 3. The van der Waals surface area contributed by atoms with Gasteiger partial charge in [-0.15, -0.1) is 0 Å². The van der Waals surface area contributed by atoms with Crippen molar-refractivity contribution in [2.75, 3.05) is 11.6 Å². The number of fused-ring (bicyclic) bond motifs is 1. The van der Waals surface area contributed by atoms with E-state index in [1.54, 1.807) is 12.1 Å². The maximum Gasteiger partial charge on any atom is 0.258 e. The van der Waals surface area contributed by atoms with Gasteiger partial charge in [-0.05, 0) is 51.1 Å². The first-order chi connectivity index (χ1) is 12.1. The van der Waals surface area contributed by atoms with Gasteiger partial charge in [-0.2, -0.15) is 0 Å². The van der Waals surface area contributed by atoms with E-state index in [1.165, 1.54) is 12.1 Å². The Balaban J connectivity index is 2.03. The number of benzene rings is 2. The van der Waals surface area contributed by atoms with Crippen molar-refractivity contribution in [1.29, 1.82) is 0 Å². The van der Waals surface area contributed by atoms with Gasteiger partial charge in [0, 0.05) is 17.4 Å². The quantitative estimate of drug-likeness (QED) is 0.765. The molecule has 3 rings (SSSR count). The van der Waals surface area contributed by atoms with Gasteiger partial charge in [-0.3, -0.25) is 10.1 Å². The molecule has 7 heteroatoms. The molecule has 1 heterocycles. The lowest BCUT2D eigenvalue weighted by Crippen LogP contribution is -2.26. The Kier molecular flexibility index (Phi) is 4.36. The number of aromatic nitrogens is 2. The van der Waals surface area contributed by atoms with E-state index in [0.717, 1.165) is 17.3 Å². The van der Waals surface area contributed by atoms with Gasteiger partial charge in [-0.1, -0.05) is 18.2 Å². The number of nitrogens with zero attached hydrogens (tertiary/aromatic N) is 2. The van der Waals surface area contributed by atoms with Crippen molar-refractivity contribution in [1.82, 2.24) is 9.55 Å². The number of carbonyl (C=O) groups excluding carboxylic acids is 1. The molecule has 2 aromatic carbocycles. The Morgan fingerprint density at radius 1 is 1.08 bits per heavy atom. The molecule has 0 fully saturated rings. The fourth-order valence-corrected chi connectivity index (χ4v) is 3.50. The van der Waals surface area contributed by atoms with Crippen LogP contribution in [-0.4, -0.2) is 30.1 Å². The molecule has 1 N–H and O–H groups in total. The lowest BCUT2D eigenvalue weighted by molar-refractivity contribution is 0.102. The lowest BCUT2D eigenvalue weighted by atomic mass is 10.1. The summed E-state index contributed by atoms with van der Waals surface area (Å²) in [5.41, 5.74) is 1.66. The van der Waals surface area contributed by atoms with E-state index >= 15 is 0 Å². The molecular formula is C19H21N3O3S. The molecule has 0 radical (unpaired) electrons. The summed E-state index contributed by atoms with van der Waals surface area (Å²) in [6.07, 6.45) is 1.11. The molecule has 0 saturated carbocycles. The minimum absolute atomic E-state index is 0.106. The third-order valence-electron chi connectivity index (χ3n) is 3.98. The van der Waals surface area contributed by atoms with Gasteiger partial charge in [0.2, 0.25) is 5.95 Å². The smallest absolute Gasteiger partial charge is 0.258 e. The number of nitrogens with one attached hydrogen (secondary N) is 1. The summed E-state index contributed by atoms with van der Waals surface area (Å²) in [6.45, 7) is 6.09. The van der Waals surface area contributed by atoms with Crippen LogP contribution in [0.4, 0.5) is 5.95 Å². The van der Waals surface area contributed by atoms with E-state index in [-0.39, 0.29) is 16.0 Å². The Bertz CT molecular complexity index is 1090. The molecule has 1 amide bonds. The second-order valence-corrected chi connectivity index (χ2v) is 9.20. The first kappa shape index (κ1) is 18.1. The Morgan fingerprint density at radius 3 is 2.42 bits per heavy atom. The van der Waals surface area contributed by atoms with Crippen LogP contribution in [0.1, 0.15) is 31.1 Å². The van der Waals surface area contributed by atoms with E-state index in [1.807, 2.05) is 49.6 Å². The van der Waals surface area contributed by atoms with Crippen LogP contribution in [0.3, 0.4) is 0 Å². The summed E-state index contributed by atoms with van der Waals surface area (Å²) in [5.74, 6) is 0.0183. The fourth-order valence-electron chi connectivity index (χ4n) is 2.83. The number of imidazole rings is 1. The predicted molar refractivity (Wildman–Crippen MR) is 102 cm³/mol. The van der Waals surface area contributed by atoms with E-state index in [2.05, 4.69) is 10.3 Å². The monoisotopic (exact) mass is 371 g/mol. The molecular weight excluding hydrogens is 350 g/mol. The van der Waals surface area contributed by atoms with Crippen molar-refractivity contribution in [3.63, 3.8) is 0 Å². The van der Waals surface area contributed by atoms with Crippen LogP contribution in [0.15, 0.2) is 53.4 Å². The van der Waals surface area contributed by atoms with Gasteiger partial charge in [-0.25, -0.2) is 13.4 Å². The summed E-state index contributed by atoms with van der Waals surface area (Å²) in [6, 6.07) is 13.6. The molecule has 1 aromatic heterocycles. The first-order valence-corrected chi connectivity index (χ1v) is 10.1. The highest BCUT2D eigenvalue weighted by Crippen LogP contribution is 2.28. The zero-order valence-corrected chi connectivity index (χ0v) is 16.0. The first-order valence-electron chi connectivity index (χ1n) is 8.17. The zero-order chi connectivity index (χ0) is 19.1. The summed E-state index contributed by atoms with van der Waals surface area (Å²) in [4.78, 5) is 17.3. The van der Waals surface area contributed by atoms with Crippen LogP contribution >= 0.6 is 0 Å². The molecule has 0 atom stereocenters. The van der Waals surface area contributed by atoms with E-state index in [0.29, 0.717) is 5.95 Å². The highest BCUT2D eigenvalue weighted by atomic mass is 32.2. The topological polar surface area (TPSA) is 81.1 Å². The van der Waals surface area contributed by atoms with E-state index < -0.39 is 15.7 Å². The Hall–Kier alpha value is -2.67. The molecule has 0 aliphatic carbocycles. The summed E-state index contributed by atoms with van der Waals surface area (Å²) >= 11 is 0. The molecule has 6 nitrogen and oxygen atoms in total. The van der Waals surface area contributed by atoms with Crippen molar-refractivity contribution in [2.45, 2.75) is 31.2 Å². The minimum Gasteiger partial charge on any atom is -0.305 e. The number of anilines is 1. The maximum absolute atomic E-state index is 12.7. The molecule has 0 spiro atoms. The summed E-state index contributed by atoms with van der Waals surface area (Å²) < 4.78 is 25.4. The van der Waals surface area contributed by atoms with Crippen LogP contribution < -0.4 is 5.32 Å². The molecule has 0 aliphatic heterocycles. The molecule has 0 aliphatic rings. The predicted octanol–water partition coefficient (Wildman–Crippen LogP) is 3.45. The van der Waals surface area contributed by atoms with Crippen LogP contribution in [0, 0.1) is 0 Å². The standard InChI is InChI=1S/C19H21N3O3S/c1-19(2,3)22-16-11-6-5-10-15(16)20-18(22)21-17(23)13-8-7-9-14(12-13)26(4,24)25/h5-12H,1-4H3,(H,20,21,23). The largest absolute Gasteiger partial charge is 0.305 e. The van der Waals surface area contributed by atoms with Crippen LogP contribution in [-0.2, 0) is 15.4 Å². The van der Waals surface area contributed by atoms with Crippen molar-refractivity contribution < 1.29 is 13.2 Å². The van der Waals surface area contributed by atoms with Gasteiger partial charge in [0.25, 0.3) is 5.91 Å². The molecule has 0 unspecified atom stereocenters. The van der Waals surface area contributed by atoms with E-state index in [9.17, 15) is 13.2 Å². The molecule has 136 valence electrons. The average Bonchev–Trinajstić information content (AvgIpc) is 2.92. The number of hydrogen-bond donors (Lipinski definition) is 1. The van der Waals surface area contributed by atoms with Gasteiger partial charge in [0.1, 0.15) is 0 Å². The van der Waals surface area contributed by atoms with Gasteiger partial charge in [0.05, 0.1) is 15.9 Å². The van der Waals surface area contributed by atoms with Crippen LogP contribution in [0.25, 0.3) is 11.0 Å². The second-order valence-electron chi connectivity index (χ2n) is 7.18. The lowest BCUT2D eigenvalue weighted by Gasteiger charge is -2.24. The average molecular weight is 371 g/mol. The van der Waals surface area contributed by atoms with Crippen molar-refractivity contribution >= 4 is 32.7 Å². The van der Waals surface area contributed by atoms with Crippen molar-refractivity contribution in [3.05, 3.63) is 54.1 Å². The Morgan fingerprint density at radius 2 is 1.77 bits per heavy atom. The van der Waals surface area contributed by atoms with Crippen LogP contribution in [0.5, 0.6) is 0 Å². The highest BCUT2D eigenvalue weighted by molar-refractivity contribution is 7.90. The summed E-state index contributed by atoms with van der Waals surface area (Å²) in [7, 11) is -3.38. The normalized spacial score (nSPS) is 12.3. The maximum atomic E-state index is 12.7. The van der Waals surface area contributed by atoms with Gasteiger partial charge in [0.15, 0.2) is 9.84 Å². The zero-order valence-electron chi connectivity index (χ0n) is 15.1. The summed E-state index contributed by atoms with van der Waals surface area (Å²) in [5, 5.41) is 2.82. The Labute approximate surface area is 152 Å². The van der Waals surface area contributed by atoms with E-state index in [4.69, 9.17) is 0 Å². The number of para-hydroxylation sites is 2. The number of sulfone groups is 1. The van der Waals surface area contributed by atoms with Crippen LogP contribution in [0.2, 0.25) is 0 Å². The highest BCUT2D eigenvalue weighted by Gasteiger charge is 2.23. The molecule has 0 saturated heterocycles. The van der Waals surface area contributed by atoms with Gasteiger partial charge < -0.3 is 4.57 Å². The second kappa shape index (κ2) is 6.25. The number of carbonyl (C=O) groups is 1. The van der Waals surface area contributed by atoms with Gasteiger partial charge >= 0.3 is 0 Å². The molecule has 3 aromatic rings. The van der Waals surface area contributed by atoms with Crippen molar-refractivity contribution in [3.8, 4) is 0 Å². The van der Waals surface area contributed by atoms with Crippen molar-refractivity contribution in [2.24, 2.45) is 0 Å². The number of hydrogen-bond acceptors (Lipinski definition) is 4. The third kappa shape index (κ3) is 3.48.